The Morgan fingerprint density at radius 3 is 2.73 bits per heavy atom. The van der Waals surface area contributed by atoms with Crippen molar-refractivity contribution in [1.82, 2.24) is 14.9 Å². The van der Waals surface area contributed by atoms with E-state index >= 15 is 0 Å². The Morgan fingerprint density at radius 2 is 1.90 bits per heavy atom. The zero-order chi connectivity index (χ0) is 21.1. The maximum absolute atomic E-state index is 12.4. The molecule has 8 heteroatoms. The molecule has 1 aliphatic rings. The van der Waals surface area contributed by atoms with Gasteiger partial charge in [-0.05, 0) is 16.8 Å². The number of aromatic amines is 1. The van der Waals surface area contributed by atoms with E-state index in [-0.39, 0.29) is 37.8 Å². The monoisotopic (exact) mass is 407 g/mol. The first kappa shape index (κ1) is 19.8. The van der Waals surface area contributed by atoms with E-state index in [1.165, 1.54) is 4.57 Å². The smallest absolute Gasteiger partial charge is 0.328 e. The highest BCUT2D eigenvalue weighted by molar-refractivity contribution is 6.02. The molecule has 8 nitrogen and oxygen atoms in total. The summed E-state index contributed by atoms with van der Waals surface area (Å²) in [6.07, 6.45) is 0.459. The molecule has 3 aromatic rings. The summed E-state index contributed by atoms with van der Waals surface area (Å²) >= 11 is 0. The van der Waals surface area contributed by atoms with Gasteiger partial charge in [0.25, 0.3) is 5.56 Å². The Bertz CT molecular complexity index is 1240. The maximum Gasteiger partial charge on any atom is 0.328 e. The van der Waals surface area contributed by atoms with Gasteiger partial charge in [-0.3, -0.25) is 23.9 Å². The summed E-state index contributed by atoms with van der Waals surface area (Å²) in [4.78, 5) is 51.0. The number of benzene rings is 2. The van der Waals surface area contributed by atoms with Gasteiger partial charge in [0, 0.05) is 30.6 Å². The van der Waals surface area contributed by atoms with Crippen molar-refractivity contribution in [3.63, 3.8) is 0 Å². The van der Waals surface area contributed by atoms with Gasteiger partial charge in [0.05, 0.1) is 25.3 Å². The van der Waals surface area contributed by atoms with Crippen LogP contribution in [0.15, 0.2) is 52.1 Å². The van der Waals surface area contributed by atoms with E-state index in [0.717, 1.165) is 10.8 Å². The van der Waals surface area contributed by atoms with Crippen LogP contribution < -0.4 is 16.6 Å². The van der Waals surface area contributed by atoms with E-state index in [9.17, 15) is 19.2 Å². The van der Waals surface area contributed by atoms with Crippen molar-refractivity contribution in [2.24, 2.45) is 0 Å². The molecule has 1 amide bonds. The lowest BCUT2D eigenvalue weighted by atomic mass is 10.0. The molecule has 154 valence electrons. The van der Waals surface area contributed by atoms with Crippen molar-refractivity contribution in [3.8, 4) is 0 Å². The van der Waals surface area contributed by atoms with E-state index in [1.54, 1.807) is 12.1 Å². The van der Waals surface area contributed by atoms with Crippen LogP contribution in [0, 0.1) is 0 Å². The lowest BCUT2D eigenvalue weighted by Crippen LogP contribution is -2.39. The Kier molecular flexibility index (Phi) is 5.58. The molecule has 0 spiro atoms. The fourth-order valence-corrected chi connectivity index (χ4v) is 3.62. The third-order valence-electron chi connectivity index (χ3n) is 5.22. The predicted molar refractivity (Wildman–Crippen MR) is 111 cm³/mol. The lowest BCUT2D eigenvalue weighted by molar-refractivity contribution is -0.121. The molecule has 4 rings (SSSR count). The summed E-state index contributed by atoms with van der Waals surface area (Å²) in [5, 5.41) is 4.61. The fraction of sp³-hybridized carbons (Fsp3) is 0.273. The van der Waals surface area contributed by atoms with Gasteiger partial charge in [-0.25, -0.2) is 4.79 Å². The molecule has 30 heavy (non-hydrogen) atoms. The third-order valence-corrected chi connectivity index (χ3v) is 5.22. The van der Waals surface area contributed by atoms with Crippen molar-refractivity contribution in [1.29, 1.82) is 0 Å². The molecule has 2 heterocycles. The molecule has 0 aliphatic carbocycles. The Hall–Kier alpha value is -3.52. The second-order valence-electron chi connectivity index (χ2n) is 7.15. The number of amides is 1. The van der Waals surface area contributed by atoms with E-state index < -0.39 is 11.2 Å². The van der Waals surface area contributed by atoms with Crippen LogP contribution in [0.5, 0.6) is 0 Å². The van der Waals surface area contributed by atoms with Crippen LogP contribution in [-0.2, 0) is 29.1 Å². The molecule has 0 atom stereocenters. The van der Waals surface area contributed by atoms with Crippen LogP contribution in [0.3, 0.4) is 0 Å². The molecule has 0 radical (unpaired) electrons. The lowest BCUT2D eigenvalue weighted by Gasteiger charge is -2.20. The molecule has 0 unspecified atom stereocenters. The van der Waals surface area contributed by atoms with Crippen molar-refractivity contribution in [2.45, 2.75) is 26.0 Å². The van der Waals surface area contributed by atoms with Crippen molar-refractivity contribution in [3.05, 3.63) is 80.1 Å². The average Bonchev–Trinajstić information content (AvgIpc) is 2.77. The fourth-order valence-electron chi connectivity index (χ4n) is 3.62. The number of ether oxygens (including phenoxy) is 1. The number of hydrogen-bond acceptors (Lipinski definition) is 5. The van der Waals surface area contributed by atoms with Gasteiger partial charge in [0.15, 0.2) is 5.78 Å². The number of carbonyl (C=O) groups excluding carboxylic acids is 2. The number of hydrogen-bond donors (Lipinski definition) is 2. The van der Waals surface area contributed by atoms with Gasteiger partial charge in [0.2, 0.25) is 5.91 Å². The number of nitrogens with zero attached hydrogens (tertiary/aromatic N) is 1. The summed E-state index contributed by atoms with van der Waals surface area (Å²) < 4.78 is 6.69. The third kappa shape index (κ3) is 4.08. The normalized spacial score (nSPS) is 13.1. The molecule has 0 fully saturated rings. The van der Waals surface area contributed by atoms with E-state index in [1.807, 2.05) is 30.3 Å². The zero-order valence-electron chi connectivity index (χ0n) is 16.3. The number of fused-ring (bicyclic) bond motifs is 2. The second kappa shape index (κ2) is 8.46. The van der Waals surface area contributed by atoms with E-state index in [4.69, 9.17) is 4.74 Å². The first-order chi connectivity index (χ1) is 14.5. The molecular weight excluding hydrogens is 386 g/mol. The number of Topliss-reactive ketones (excluding diaryl/α,β-unsaturated/α-hetero) is 1. The minimum Gasteiger partial charge on any atom is -0.376 e. The van der Waals surface area contributed by atoms with Crippen LogP contribution in [0.4, 0.5) is 0 Å². The molecule has 1 aliphatic heterocycles. The summed E-state index contributed by atoms with van der Waals surface area (Å²) in [5.41, 5.74) is 0.569. The van der Waals surface area contributed by atoms with Gasteiger partial charge in [-0.1, -0.05) is 36.4 Å². The number of H-pyrrole nitrogens is 1. The Balaban J connectivity index is 1.38. The van der Waals surface area contributed by atoms with Crippen molar-refractivity contribution in [2.75, 3.05) is 13.2 Å². The highest BCUT2D eigenvalue weighted by Crippen LogP contribution is 2.16. The molecule has 0 bridgehead atoms. The van der Waals surface area contributed by atoms with Gasteiger partial charge >= 0.3 is 5.69 Å². The minimum absolute atomic E-state index is 0.0181. The number of carbonyl (C=O) groups is 2. The summed E-state index contributed by atoms with van der Waals surface area (Å²) in [5.74, 6) is -0.534. The molecule has 0 saturated carbocycles. The zero-order valence-corrected chi connectivity index (χ0v) is 16.3. The quantitative estimate of drug-likeness (QED) is 0.596. The van der Waals surface area contributed by atoms with Crippen LogP contribution in [0.25, 0.3) is 10.8 Å². The van der Waals surface area contributed by atoms with E-state index in [0.29, 0.717) is 29.8 Å². The number of rotatable bonds is 6. The van der Waals surface area contributed by atoms with Crippen molar-refractivity contribution >= 4 is 22.5 Å². The van der Waals surface area contributed by atoms with Crippen molar-refractivity contribution < 1.29 is 14.3 Å². The van der Waals surface area contributed by atoms with Gasteiger partial charge in [-0.2, -0.15) is 0 Å². The minimum atomic E-state index is -0.541. The summed E-state index contributed by atoms with van der Waals surface area (Å²) in [7, 11) is 0. The summed E-state index contributed by atoms with van der Waals surface area (Å²) in [6.45, 7) is 0.567. The first-order valence-electron chi connectivity index (χ1n) is 9.74. The molecule has 2 N–H and O–H groups in total. The Labute approximate surface area is 171 Å². The standard InChI is InChI=1S/C22H21N3O5/c26-19(16-6-5-14-3-1-2-4-15(14)11-16)12-23-20(27)7-9-25-18-8-10-30-13-17(18)21(28)24-22(25)29/h1-6,11H,7-10,12-13H2,(H,23,27)(H,24,28,29). The van der Waals surface area contributed by atoms with E-state index in [2.05, 4.69) is 10.3 Å². The molecule has 0 saturated heterocycles. The van der Waals surface area contributed by atoms with Gasteiger partial charge in [0.1, 0.15) is 0 Å². The summed E-state index contributed by atoms with van der Waals surface area (Å²) in [6, 6.07) is 13.2. The molecule has 1 aromatic heterocycles. The predicted octanol–water partition coefficient (Wildman–Crippen LogP) is 1.15. The first-order valence-corrected chi connectivity index (χ1v) is 9.74. The maximum atomic E-state index is 12.4. The van der Waals surface area contributed by atoms with Crippen LogP contribution in [0.2, 0.25) is 0 Å². The highest BCUT2D eigenvalue weighted by atomic mass is 16.5. The number of ketones is 1. The Morgan fingerprint density at radius 1 is 1.10 bits per heavy atom. The number of aromatic nitrogens is 2. The second-order valence-corrected chi connectivity index (χ2v) is 7.15. The van der Waals surface area contributed by atoms with Crippen LogP contribution in [-0.4, -0.2) is 34.4 Å². The van der Waals surface area contributed by atoms with Gasteiger partial charge in [-0.15, -0.1) is 0 Å². The topological polar surface area (TPSA) is 110 Å². The largest absolute Gasteiger partial charge is 0.376 e. The van der Waals surface area contributed by atoms with Gasteiger partial charge < -0.3 is 10.1 Å². The van der Waals surface area contributed by atoms with Crippen LogP contribution >= 0.6 is 0 Å². The highest BCUT2D eigenvalue weighted by Gasteiger charge is 2.19. The average molecular weight is 407 g/mol. The molecular formula is C22H21N3O5. The SMILES string of the molecule is O=C(CCn1c2c(c(=O)[nH]c1=O)COCC2)NCC(=O)c1ccc2ccccc2c1. The van der Waals surface area contributed by atoms with Crippen LogP contribution in [0.1, 0.15) is 28.0 Å². The molecule has 2 aromatic carbocycles. The number of nitrogens with one attached hydrogen (secondary N) is 2.